The van der Waals surface area contributed by atoms with Crippen LogP contribution in [0.2, 0.25) is 0 Å². The second-order valence-electron chi connectivity index (χ2n) is 3.30. The molecular weight excluding hydrogens is 292 g/mol. The van der Waals surface area contributed by atoms with Crippen LogP contribution in [0.4, 0.5) is 0 Å². The fraction of sp³-hybridized carbons (Fsp3) is 0.200. The monoisotopic (exact) mass is 300 g/mol. The maximum atomic E-state index is 10.6. The van der Waals surface area contributed by atoms with Crippen molar-refractivity contribution in [1.29, 1.82) is 0 Å². The van der Waals surface area contributed by atoms with Gasteiger partial charge < -0.3 is 9.67 Å². The molecule has 84 valence electrons. The predicted octanol–water partition coefficient (Wildman–Crippen LogP) is 2.77. The largest absolute Gasteiger partial charge is 0.480 e. The highest BCUT2D eigenvalue weighted by Gasteiger charge is 2.10. The number of aryl methyl sites for hydroxylation is 1. The van der Waals surface area contributed by atoms with E-state index >= 15 is 0 Å². The minimum Gasteiger partial charge on any atom is -0.480 e. The molecule has 0 radical (unpaired) electrons. The zero-order valence-corrected chi connectivity index (χ0v) is 10.9. The van der Waals surface area contributed by atoms with Gasteiger partial charge in [-0.05, 0) is 35.0 Å². The molecule has 0 amide bonds. The van der Waals surface area contributed by atoms with Crippen LogP contribution in [-0.2, 0) is 11.3 Å². The van der Waals surface area contributed by atoms with Gasteiger partial charge in [0.2, 0.25) is 0 Å². The third-order valence-electron chi connectivity index (χ3n) is 2.11. The molecule has 6 heteroatoms. The van der Waals surface area contributed by atoms with Crippen LogP contribution in [0.25, 0.3) is 10.6 Å². The van der Waals surface area contributed by atoms with Crippen molar-refractivity contribution >= 4 is 33.2 Å². The number of aliphatic carboxylic acids is 1. The number of aromatic nitrogens is 2. The van der Waals surface area contributed by atoms with Crippen molar-refractivity contribution in [3.05, 3.63) is 27.9 Å². The van der Waals surface area contributed by atoms with Crippen LogP contribution < -0.4 is 0 Å². The number of rotatable bonds is 3. The maximum absolute atomic E-state index is 10.6. The molecule has 0 fully saturated rings. The van der Waals surface area contributed by atoms with Gasteiger partial charge in [0.15, 0.2) is 0 Å². The highest BCUT2D eigenvalue weighted by Crippen LogP contribution is 2.30. The summed E-state index contributed by atoms with van der Waals surface area (Å²) in [7, 11) is 0. The van der Waals surface area contributed by atoms with Crippen LogP contribution in [0.3, 0.4) is 0 Å². The molecule has 0 aliphatic rings. The summed E-state index contributed by atoms with van der Waals surface area (Å²) in [6, 6.07) is 3.91. The van der Waals surface area contributed by atoms with Crippen molar-refractivity contribution in [2.75, 3.05) is 0 Å². The Hall–Kier alpha value is -1.14. The van der Waals surface area contributed by atoms with Crippen LogP contribution in [0.15, 0.2) is 22.1 Å². The smallest absolute Gasteiger partial charge is 0.323 e. The quantitative estimate of drug-likeness (QED) is 0.948. The molecule has 2 aromatic rings. The first kappa shape index (κ1) is 11.3. The lowest BCUT2D eigenvalue weighted by molar-refractivity contribution is -0.137. The van der Waals surface area contributed by atoms with E-state index in [0.717, 1.165) is 14.4 Å². The van der Waals surface area contributed by atoms with Crippen molar-refractivity contribution < 1.29 is 9.90 Å². The molecule has 0 unspecified atom stereocenters. The van der Waals surface area contributed by atoms with E-state index in [1.54, 1.807) is 29.0 Å². The average molecular weight is 301 g/mol. The molecule has 0 spiro atoms. The van der Waals surface area contributed by atoms with Crippen molar-refractivity contribution in [3.8, 4) is 10.6 Å². The van der Waals surface area contributed by atoms with E-state index in [1.807, 2.05) is 12.1 Å². The average Bonchev–Trinajstić information content (AvgIpc) is 2.74. The van der Waals surface area contributed by atoms with Gasteiger partial charge in [0, 0.05) is 6.20 Å². The minimum absolute atomic E-state index is 0.0502. The highest BCUT2D eigenvalue weighted by atomic mass is 79.9. The number of thiophene rings is 1. The number of carboxylic acid groups (broad SMARTS) is 1. The van der Waals surface area contributed by atoms with Crippen LogP contribution in [0.5, 0.6) is 0 Å². The van der Waals surface area contributed by atoms with Crippen molar-refractivity contribution in [2.24, 2.45) is 0 Å². The highest BCUT2D eigenvalue weighted by molar-refractivity contribution is 9.11. The first-order valence-corrected chi connectivity index (χ1v) is 6.18. The summed E-state index contributed by atoms with van der Waals surface area (Å²) in [6.45, 7) is 1.75. The lowest BCUT2D eigenvalue weighted by atomic mass is 10.4. The van der Waals surface area contributed by atoms with Gasteiger partial charge in [-0.25, -0.2) is 4.98 Å². The summed E-state index contributed by atoms with van der Waals surface area (Å²) in [5, 5.41) is 8.72. The van der Waals surface area contributed by atoms with E-state index < -0.39 is 5.97 Å². The molecule has 2 heterocycles. The number of carboxylic acids is 1. The summed E-state index contributed by atoms with van der Waals surface area (Å²) in [5.74, 6) is -0.152. The van der Waals surface area contributed by atoms with Gasteiger partial charge in [0.1, 0.15) is 12.4 Å². The van der Waals surface area contributed by atoms with Gasteiger partial charge in [-0.3, -0.25) is 4.79 Å². The van der Waals surface area contributed by atoms with Crippen LogP contribution >= 0.6 is 27.3 Å². The number of imidazole rings is 1. The second kappa shape index (κ2) is 4.39. The lowest BCUT2D eigenvalue weighted by Crippen LogP contribution is -2.08. The number of carbonyl (C=O) groups is 1. The van der Waals surface area contributed by atoms with Crippen molar-refractivity contribution in [2.45, 2.75) is 13.5 Å². The molecule has 16 heavy (non-hydrogen) atoms. The Morgan fingerprint density at radius 3 is 2.94 bits per heavy atom. The summed E-state index contributed by atoms with van der Waals surface area (Å²) in [4.78, 5) is 16.0. The molecule has 1 N–H and O–H groups in total. The fourth-order valence-electron chi connectivity index (χ4n) is 1.38. The van der Waals surface area contributed by atoms with Gasteiger partial charge >= 0.3 is 5.97 Å². The van der Waals surface area contributed by atoms with E-state index in [1.165, 1.54) is 0 Å². The van der Waals surface area contributed by atoms with E-state index in [2.05, 4.69) is 20.9 Å². The Balaban J connectivity index is 2.33. The fourth-order valence-corrected chi connectivity index (χ4v) is 2.73. The van der Waals surface area contributed by atoms with Gasteiger partial charge in [-0.2, -0.15) is 0 Å². The molecule has 4 nitrogen and oxygen atoms in total. The Morgan fingerprint density at radius 2 is 2.38 bits per heavy atom. The van der Waals surface area contributed by atoms with Gasteiger partial charge in [-0.15, -0.1) is 11.3 Å². The number of halogens is 1. The van der Waals surface area contributed by atoms with Crippen molar-refractivity contribution in [1.82, 2.24) is 9.55 Å². The van der Waals surface area contributed by atoms with E-state index in [4.69, 9.17) is 5.11 Å². The van der Waals surface area contributed by atoms with Gasteiger partial charge in [-0.1, -0.05) is 0 Å². The first-order chi connectivity index (χ1) is 7.56. The lowest BCUT2D eigenvalue weighted by Gasteiger charge is -1.97. The van der Waals surface area contributed by atoms with Gasteiger partial charge in [0.25, 0.3) is 0 Å². The van der Waals surface area contributed by atoms with Crippen LogP contribution in [0, 0.1) is 6.92 Å². The standard InChI is InChI=1S/C10H9BrN2O2S/c1-6-12-7(4-13(6)5-10(14)15)8-2-3-9(11)16-8/h2-4H,5H2,1H3,(H,14,15). The third-order valence-corrected chi connectivity index (χ3v) is 3.75. The van der Waals surface area contributed by atoms with E-state index in [9.17, 15) is 4.79 Å². The summed E-state index contributed by atoms with van der Waals surface area (Å²) in [5.41, 5.74) is 0.814. The SMILES string of the molecule is Cc1nc(-c2ccc(Br)s2)cn1CC(=O)O. The second-order valence-corrected chi connectivity index (χ2v) is 5.76. The summed E-state index contributed by atoms with van der Waals surface area (Å²) in [6.07, 6.45) is 1.77. The van der Waals surface area contributed by atoms with E-state index in [-0.39, 0.29) is 6.54 Å². The molecular formula is C10H9BrN2O2S. The molecule has 0 aliphatic heterocycles. The normalized spacial score (nSPS) is 10.6. The number of nitrogens with zero attached hydrogens (tertiary/aromatic N) is 2. The van der Waals surface area contributed by atoms with E-state index in [0.29, 0.717) is 5.82 Å². The van der Waals surface area contributed by atoms with Crippen molar-refractivity contribution in [3.63, 3.8) is 0 Å². The number of hydrogen-bond donors (Lipinski definition) is 1. The predicted molar refractivity (Wildman–Crippen MR) is 65.6 cm³/mol. The zero-order chi connectivity index (χ0) is 11.7. The Bertz CT molecular complexity index is 533. The molecule has 0 aromatic carbocycles. The topological polar surface area (TPSA) is 55.1 Å². The minimum atomic E-state index is -0.862. The third kappa shape index (κ3) is 2.33. The Morgan fingerprint density at radius 1 is 1.62 bits per heavy atom. The summed E-state index contributed by atoms with van der Waals surface area (Å²) >= 11 is 4.96. The molecule has 0 saturated carbocycles. The molecule has 0 bridgehead atoms. The van der Waals surface area contributed by atoms with Crippen LogP contribution in [0.1, 0.15) is 5.82 Å². The maximum Gasteiger partial charge on any atom is 0.323 e. The summed E-state index contributed by atoms with van der Waals surface area (Å²) < 4.78 is 2.67. The van der Waals surface area contributed by atoms with Gasteiger partial charge in [0.05, 0.1) is 14.4 Å². The molecule has 0 atom stereocenters. The molecule has 0 aliphatic carbocycles. The Kier molecular flexibility index (Phi) is 3.11. The first-order valence-electron chi connectivity index (χ1n) is 4.57. The Labute approximate surface area is 105 Å². The van der Waals surface area contributed by atoms with Crippen LogP contribution in [-0.4, -0.2) is 20.6 Å². The molecule has 0 saturated heterocycles. The number of hydrogen-bond acceptors (Lipinski definition) is 3. The molecule has 2 rings (SSSR count). The molecule has 2 aromatic heterocycles. The zero-order valence-electron chi connectivity index (χ0n) is 8.48.